The van der Waals surface area contributed by atoms with Crippen molar-refractivity contribution in [3.8, 4) is 0 Å². The number of urea groups is 1. The molecule has 3 amide bonds. The molecule has 1 aliphatic rings. The lowest BCUT2D eigenvalue weighted by Crippen LogP contribution is -2.30. The molecule has 1 saturated heterocycles. The van der Waals surface area contributed by atoms with E-state index in [1.165, 1.54) is 0 Å². The summed E-state index contributed by atoms with van der Waals surface area (Å²) < 4.78 is 0. The van der Waals surface area contributed by atoms with Crippen LogP contribution >= 0.6 is 0 Å². The Hall–Kier alpha value is -3.48. The zero-order valence-corrected chi connectivity index (χ0v) is 16.1. The maximum absolute atomic E-state index is 12.6. The molecule has 0 bridgehead atoms. The van der Waals surface area contributed by atoms with Crippen LogP contribution in [0.25, 0.3) is 10.9 Å². The van der Waals surface area contributed by atoms with Crippen molar-refractivity contribution in [2.75, 3.05) is 30.4 Å². The normalized spacial score (nSPS) is 14.0. The van der Waals surface area contributed by atoms with Crippen molar-refractivity contribution in [1.29, 1.82) is 0 Å². The number of rotatable bonds is 3. The second kappa shape index (κ2) is 6.92. The van der Waals surface area contributed by atoms with Gasteiger partial charge in [-0.15, -0.1) is 0 Å². The minimum Gasteiger partial charge on any atom is -0.326 e. The second-order valence-corrected chi connectivity index (χ2v) is 6.97. The summed E-state index contributed by atoms with van der Waals surface area (Å²) in [5.41, 5.74) is 4.11. The average Bonchev–Trinajstić information content (AvgIpc) is 3.00. The van der Waals surface area contributed by atoms with Gasteiger partial charge in [-0.3, -0.25) is 14.7 Å². The van der Waals surface area contributed by atoms with Gasteiger partial charge in [0.15, 0.2) is 0 Å². The number of para-hydroxylation sites is 1. The fourth-order valence-electron chi connectivity index (χ4n) is 3.48. The number of anilines is 2. The van der Waals surface area contributed by atoms with E-state index in [-0.39, 0.29) is 11.9 Å². The first-order valence-electron chi connectivity index (χ1n) is 9.11. The van der Waals surface area contributed by atoms with E-state index in [2.05, 4.69) is 15.3 Å². The van der Waals surface area contributed by atoms with E-state index in [4.69, 9.17) is 0 Å². The summed E-state index contributed by atoms with van der Waals surface area (Å²) in [5.74, 6) is -0.294. The van der Waals surface area contributed by atoms with Crippen LogP contribution in [0.5, 0.6) is 0 Å². The highest BCUT2D eigenvalue weighted by molar-refractivity contribution is 6.11. The number of hydrogen-bond acceptors (Lipinski definition) is 4. The molecule has 7 heteroatoms. The summed E-state index contributed by atoms with van der Waals surface area (Å²) in [7, 11) is 1.79. The van der Waals surface area contributed by atoms with Gasteiger partial charge in [-0.05, 0) is 37.6 Å². The zero-order chi connectivity index (χ0) is 19.8. The number of fused-ring (bicyclic) bond motifs is 1. The molecule has 1 N–H and O–H groups in total. The van der Waals surface area contributed by atoms with E-state index in [0.717, 1.165) is 22.3 Å². The number of nitrogens with zero attached hydrogens (tertiary/aromatic N) is 4. The number of carbonyl (C=O) groups excluding carboxylic acids is 2. The molecule has 0 spiro atoms. The van der Waals surface area contributed by atoms with Gasteiger partial charge in [-0.1, -0.05) is 18.2 Å². The predicted octanol–water partition coefficient (Wildman–Crippen LogP) is 3.37. The van der Waals surface area contributed by atoms with Gasteiger partial charge in [0.25, 0.3) is 5.91 Å². The monoisotopic (exact) mass is 375 g/mol. The second-order valence-electron chi connectivity index (χ2n) is 6.97. The molecule has 0 unspecified atom stereocenters. The molecule has 1 aromatic carbocycles. The maximum atomic E-state index is 12.6. The first-order valence-corrected chi connectivity index (χ1v) is 9.11. The zero-order valence-electron chi connectivity index (χ0n) is 16.1. The highest BCUT2D eigenvalue weighted by Crippen LogP contribution is 2.34. The Morgan fingerprint density at radius 1 is 1.11 bits per heavy atom. The van der Waals surface area contributed by atoms with Crippen molar-refractivity contribution >= 4 is 34.2 Å². The molecule has 7 nitrogen and oxygen atoms in total. The largest absolute Gasteiger partial charge is 0.326 e. The van der Waals surface area contributed by atoms with Crippen molar-refractivity contribution in [3.05, 3.63) is 59.5 Å². The Balaban J connectivity index is 1.76. The van der Waals surface area contributed by atoms with Gasteiger partial charge in [-0.2, -0.15) is 0 Å². The quantitative estimate of drug-likeness (QED) is 0.761. The maximum Gasteiger partial charge on any atom is 0.324 e. The Labute approximate surface area is 163 Å². The van der Waals surface area contributed by atoms with Crippen LogP contribution in [0.15, 0.2) is 42.6 Å². The summed E-state index contributed by atoms with van der Waals surface area (Å²) in [5, 5.41) is 3.74. The molecule has 3 aromatic rings. The molecule has 3 heterocycles. The number of amides is 3. The van der Waals surface area contributed by atoms with Crippen LogP contribution in [0.1, 0.15) is 21.7 Å². The minimum absolute atomic E-state index is 0.0333. The van der Waals surface area contributed by atoms with Gasteiger partial charge in [0.1, 0.15) is 5.69 Å². The standard InChI is InChI=1S/C21H21N5O2/c1-13-12-22-18-15(19(13)26-11-10-25(3)21(26)28)7-5-8-16(18)24-20(27)17-9-4-6-14(2)23-17/h4-9,12H,10-11H2,1-3H3,(H,24,27). The van der Waals surface area contributed by atoms with E-state index >= 15 is 0 Å². The molecular weight excluding hydrogens is 354 g/mol. The highest BCUT2D eigenvalue weighted by Gasteiger charge is 2.29. The van der Waals surface area contributed by atoms with Gasteiger partial charge in [0, 0.05) is 37.4 Å². The van der Waals surface area contributed by atoms with Crippen molar-refractivity contribution in [2.24, 2.45) is 0 Å². The summed E-state index contributed by atoms with van der Waals surface area (Å²) in [6, 6.07) is 10.9. The predicted molar refractivity (Wildman–Crippen MR) is 109 cm³/mol. The summed E-state index contributed by atoms with van der Waals surface area (Å²) in [4.78, 5) is 37.4. The van der Waals surface area contributed by atoms with E-state index in [0.29, 0.717) is 30.0 Å². The first-order chi connectivity index (χ1) is 13.5. The topological polar surface area (TPSA) is 78.4 Å². The molecular formula is C21H21N5O2. The summed E-state index contributed by atoms with van der Waals surface area (Å²) in [6.07, 6.45) is 1.74. The SMILES string of the molecule is Cc1cccc(C(=O)Nc2cccc3c(N4CCN(C)C4=O)c(C)cnc23)n1. The minimum atomic E-state index is -0.294. The van der Waals surface area contributed by atoms with Gasteiger partial charge in [0.2, 0.25) is 0 Å². The van der Waals surface area contributed by atoms with E-state index in [9.17, 15) is 9.59 Å². The Bertz CT molecular complexity index is 1100. The third kappa shape index (κ3) is 3.05. The van der Waals surface area contributed by atoms with Crippen molar-refractivity contribution < 1.29 is 9.59 Å². The van der Waals surface area contributed by atoms with Crippen LogP contribution < -0.4 is 10.2 Å². The van der Waals surface area contributed by atoms with E-state index < -0.39 is 0 Å². The van der Waals surface area contributed by atoms with Gasteiger partial charge in [0.05, 0.1) is 16.9 Å². The number of hydrogen-bond donors (Lipinski definition) is 1. The van der Waals surface area contributed by atoms with E-state index in [1.54, 1.807) is 41.2 Å². The average molecular weight is 375 g/mol. The van der Waals surface area contributed by atoms with Crippen LogP contribution in [-0.2, 0) is 0 Å². The number of aryl methyl sites for hydroxylation is 2. The fraction of sp³-hybridized carbons (Fsp3) is 0.238. The molecule has 1 aliphatic heterocycles. The number of carbonyl (C=O) groups is 2. The van der Waals surface area contributed by atoms with Crippen LogP contribution in [0.2, 0.25) is 0 Å². The molecule has 1 fully saturated rings. The van der Waals surface area contributed by atoms with Crippen LogP contribution in [0, 0.1) is 13.8 Å². The number of nitrogens with one attached hydrogen (secondary N) is 1. The molecule has 4 rings (SSSR count). The molecule has 0 atom stereocenters. The Kier molecular flexibility index (Phi) is 4.43. The molecule has 0 radical (unpaired) electrons. The number of pyridine rings is 2. The number of aromatic nitrogens is 2. The lowest BCUT2D eigenvalue weighted by molar-refractivity contribution is 0.102. The molecule has 142 valence electrons. The van der Waals surface area contributed by atoms with Crippen molar-refractivity contribution in [2.45, 2.75) is 13.8 Å². The van der Waals surface area contributed by atoms with E-state index in [1.807, 2.05) is 32.0 Å². The van der Waals surface area contributed by atoms with Crippen molar-refractivity contribution in [1.82, 2.24) is 14.9 Å². The lowest BCUT2D eigenvalue weighted by Gasteiger charge is -2.21. The number of benzene rings is 1. The van der Waals surface area contributed by atoms with Crippen LogP contribution in [-0.4, -0.2) is 46.9 Å². The molecule has 28 heavy (non-hydrogen) atoms. The molecule has 0 aliphatic carbocycles. The van der Waals surface area contributed by atoms with Crippen molar-refractivity contribution in [3.63, 3.8) is 0 Å². The highest BCUT2D eigenvalue weighted by atomic mass is 16.2. The van der Waals surface area contributed by atoms with Crippen LogP contribution in [0.4, 0.5) is 16.2 Å². The third-order valence-corrected chi connectivity index (χ3v) is 4.91. The molecule has 2 aromatic heterocycles. The first kappa shape index (κ1) is 17.9. The third-order valence-electron chi connectivity index (χ3n) is 4.91. The smallest absolute Gasteiger partial charge is 0.324 e. The van der Waals surface area contributed by atoms with Crippen LogP contribution in [0.3, 0.4) is 0 Å². The summed E-state index contributed by atoms with van der Waals surface area (Å²) >= 11 is 0. The molecule has 0 saturated carbocycles. The number of likely N-dealkylation sites (N-methyl/N-ethyl adjacent to an activating group) is 1. The lowest BCUT2D eigenvalue weighted by atomic mass is 10.1. The Morgan fingerprint density at radius 3 is 2.61 bits per heavy atom. The fourth-order valence-corrected chi connectivity index (χ4v) is 3.48. The van der Waals surface area contributed by atoms with Gasteiger partial charge in [-0.25, -0.2) is 9.78 Å². The Morgan fingerprint density at radius 2 is 1.89 bits per heavy atom. The van der Waals surface area contributed by atoms with Gasteiger partial charge < -0.3 is 10.2 Å². The van der Waals surface area contributed by atoms with Gasteiger partial charge >= 0.3 is 6.03 Å². The summed E-state index contributed by atoms with van der Waals surface area (Å²) in [6.45, 7) is 5.08.